The lowest BCUT2D eigenvalue weighted by Crippen LogP contribution is -2.27. The molecule has 5 heteroatoms. The van der Waals surface area contributed by atoms with Crippen LogP contribution in [0, 0.1) is 5.41 Å². The van der Waals surface area contributed by atoms with Gasteiger partial charge < -0.3 is 4.74 Å². The molecule has 0 radical (unpaired) electrons. The molecule has 1 aromatic carbocycles. The van der Waals surface area contributed by atoms with Gasteiger partial charge in [0.2, 0.25) is 0 Å². The lowest BCUT2D eigenvalue weighted by atomic mass is 9.75. The summed E-state index contributed by atoms with van der Waals surface area (Å²) in [5.41, 5.74) is 0.854. The van der Waals surface area contributed by atoms with Crippen LogP contribution in [-0.4, -0.2) is 11.8 Å². The van der Waals surface area contributed by atoms with Gasteiger partial charge in [-0.3, -0.25) is 9.59 Å². The van der Waals surface area contributed by atoms with Gasteiger partial charge in [-0.25, -0.2) is 0 Å². The summed E-state index contributed by atoms with van der Waals surface area (Å²) in [6.45, 7) is 6.14. The summed E-state index contributed by atoms with van der Waals surface area (Å²) in [5.74, 6) is 0.137. The summed E-state index contributed by atoms with van der Waals surface area (Å²) >= 11 is 12.1. The molecule has 26 heavy (non-hydrogen) atoms. The van der Waals surface area contributed by atoms with E-state index in [1.54, 1.807) is 18.2 Å². The van der Waals surface area contributed by atoms with Gasteiger partial charge in [-0.05, 0) is 29.5 Å². The lowest BCUT2D eigenvalue weighted by molar-refractivity contribution is -0.140. The van der Waals surface area contributed by atoms with Crippen molar-refractivity contribution in [1.82, 2.24) is 0 Å². The molecule has 0 bridgehead atoms. The van der Waals surface area contributed by atoms with Crippen LogP contribution in [0.3, 0.4) is 0 Å². The third kappa shape index (κ3) is 5.59. The molecule has 0 N–H and O–H groups in total. The summed E-state index contributed by atoms with van der Waals surface area (Å²) < 4.78 is 5.66. The van der Waals surface area contributed by atoms with Gasteiger partial charge in [0.05, 0.1) is 15.6 Å². The highest BCUT2D eigenvalue weighted by Gasteiger charge is 2.35. The van der Waals surface area contributed by atoms with E-state index in [4.69, 9.17) is 27.9 Å². The van der Waals surface area contributed by atoms with Crippen LogP contribution in [0.1, 0.15) is 71.3 Å². The molecule has 0 amide bonds. The Balaban J connectivity index is 2.28. The molecule has 3 nitrogen and oxygen atoms in total. The first-order valence-corrected chi connectivity index (χ1v) is 9.91. The van der Waals surface area contributed by atoms with Gasteiger partial charge in [-0.15, -0.1) is 0 Å². The standard InChI is InChI=1S/C21H26Cl2O3/c1-4-5-6-7-8-19(25)26-18-13-21(2,3)12-17(24)20(18)14-9-10-15(22)16(23)11-14/h9-11H,4-8,12-13H2,1-3H3. The zero-order chi connectivity index (χ0) is 19.3. The summed E-state index contributed by atoms with van der Waals surface area (Å²) in [7, 11) is 0. The van der Waals surface area contributed by atoms with Crippen LogP contribution in [-0.2, 0) is 14.3 Å². The average Bonchev–Trinajstić information content (AvgIpc) is 2.53. The highest BCUT2D eigenvalue weighted by atomic mass is 35.5. The van der Waals surface area contributed by atoms with Gasteiger partial charge in [0.25, 0.3) is 0 Å². The van der Waals surface area contributed by atoms with Crippen LogP contribution >= 0.6 is 23.2 Å². The molecule has 0 saturated carbocycles. The third-order valence-electron chi connectivity index (χ3n) is 4.52. The van der Waals surface area contributed by atoms with Crippen molar-refractivity contribution < 1.29 is 14.3 Å². The van der Waals surface area contributed by atoms with Crippen LogP contribution < -0.4 is 0 Å². The van der Waals surface area contributed by atoms with Crippen LogP contribution in [0.5, 0.6) is 0 Å². The fourth-order valence-electron chi connectivity index (χ4n) is 3.21. The van der Waals surface area contributed by atoms with Crippen LogP contribution in [0.4, 0.5) is 0 Å². The fraction of sp³-hybridized carbons (Fsp3) is 0.524. The molecule has 0 aliphatic heterocycles. The Morgan fingerprint density at radius 1 is 1.12 bits per heavy atom. The number of allylic oxidation sites excluding steroid dienone is 2. The molecular formula is C21H26Cl2O3. The predicted octanol–water partition coefficient (Wildman–Crippen LogP) is 6.61. The Morgan fingerprint density at radius 3 is 2.50 bits per heavy atom. The Bertz CT molecular complexity index is 720. The van der Waals surface area contributed by atoms with E-state index in [2.05, 4.69) is 6.92 Å². The van der Waals surface area contributed by atoms with Gasteiger partial charge in [0, 0.05) is 19.3 Å². The molecule has 0 unspecified atom stereocenters. The Kier molecular flexibility index (Phi) is 7.31. The van der Waals surface area contributed by atoms with Crippen LogP contribution in [0.25, 0.3) is 5.57 Å². The highest BCUT2D eigenvalue weighted by molar-refractivity contribution is 6.42. The zero-order valence-electron chi connectivity index (χ0n) is 15.7. The SMILES string of the molecule is CCCCCCC(=O)OC1=C(c2ccc(Cl)c(Cl)c2)C(=O)CC(C)(C)C1. The molecule has 0 saturated heterocycles. The second kappa shape index (κ2) is 9.05. The van der Waals surface area contributed by atoms with Crippen molar-refractivity contribution in [1.29, 1.82) is 0 Å². The monoisotopic (exact) mass is 396 g/mol. The number of benzene rings is 1. The normalized spacial score (nSPS) is 16.7. The molecule has 0 spiro atoms. The summed E-state index contributed by atoms with van der Waals surface area (Å²) in [4.78, 5) is 25.0. The maximum absolute atomic E-state index is 12.8. The first kappa shape index (κ1) is 21.0. The van der Waals surface area contributed by atoms with Crippen molar-refractivity contribution in [3.63, 3.8) is 0 Å². The molecule has 1 aliphatic carbocycles. The van der Waals surface area contributed by atoms with Crippen molar-refractivity contribution in [2.75, 3.05) is 0 Å². The molecule has 1 aromatic rings. The second-order valence-corrected chi connectivity index (χ2v) is 8.47. The maximum Gasteiger partial charge on any atom is 0.310 e. The number of halogens is 2. The van der Waals surface area contributed by atoms with Crippen molar-refractivity contribution in [3.05, 3.63) is 39.6 Å². The summed E-state index contributed by atoms with van der Waals surface area (Å²) in [6.07, 6.45) is 5.34. The van der Waals surface area contributed by atoms with Gasteiger partial charge in [0.15, 0.2) is 5.78 Å². The van der Waals surface area contributed by atoms with Gasteiger partial charge in [0.1, 0.15) is 5.76 Å². The Labute approximate surface area is 165 Å². The summed E-state index contributed by atoms with van der Waals surface area (Å²) in [5, 5.41) is 0.800. The minimum absolute atomic E-state index is 0.0339. The van der Waals surface area contributed by atoms with Crippen LogP contribution in [0.2, 0.25) is 10.0 Å². The van der Waals surface area contributed by atoms with E-state index in [0.717, 1.165) is 25.7 Å². The largest absolute Gasteiger partial charge is 0.430 e. The molecule has 2 rings (SSSR count). The maximum atomic E-state index is 12.8. The number of carbonyl (C=O) groups excluding carboxylic acids is 2. The van der Waals surface area contributed by atoms with Gasteiger partial charge >= 0.3 is 5.97 Å². The number of hydrogen-bond acceptors (Lipinski definition) is 3. The second-order valence-electron chi connectivity index (χ2n) is 7.65. The number of ketones is 1. The van der Waals surface area contributed by atoms with Gasteiger partial charge in [-0.1, -0.05) is 69.3 Å². The van der Waals surface area contributed by atoms with Crippen LogP contribution in [0.15, 0.2) is 24.0 Å². The van der Waals surface area contributed by atoms with Crippen molar-refractivity contribution in [2.24, 2.45) is 5.41 Å². The Morgan fingerprint density at radius 2 is 1.85 bits per heavy atom. The molecule has 0 aromatic heterocycles. The quantitative estimate of drug-likeness (QED) is 0.384. The first-order valence-electron chi connectivity index (χ1n) is 9.16. The molecule has 0 fully saturated rings. The van der Waals surface area contributed by atoms with Gasteiger partial charge in [-0.2, -0.15) is 0 Å². The van der Waals surface area contributed by atoms with Crippen molar-refractivity contribution in [2.45, 2.75) is 65.7 Å². The fourth-order valence-corrected chi connectivity index (χ4v) is 3.51. The predicted molar refractivity (Wildman–Crippen MR) is 106 cm³/mol. The topological polar surface area (TPSA) is 43.4 Å². The van der Waals surface area contributed by atoms with E-state index in [0.29, 0.717) is 46.2 Å². The Hall–Kier alpha value is -1.32. The molecule has 1 aliphatic rings. The van der Waals surface area contributed by atoms with E-state index in [9.17, 15) is 9.59 Å². The van der Waals surface area contributed by atoms with E-state index in [1.807, 2.05) is 13.8 Å². The number of unbranched alkanes of at least 4 members (excludes halogenated alkanes) is 3. The number of ether oxygens (including phenoxy) is 1. The lowest BCUT2D eigenvalue weighted by Gasteiger charge is -2.31. The number of carbonyl (C=O) groups is 2. The van der Waals surface area contributed by atoms with E-state index in [-0.39, 0.29) is 17.2 Å². The smallest absolute Gasteiger partial charge is 0.310 e. The molecular weight excluding hydrogens is 371 g/mol. The number of hydrogen-bond donors (Lipinski definition) is 0. The first-order chi connectivity index (χ1) is 12.2. The van der Waals surface area contributed by atoms with E-state index >= 15 is 0 Å². The molecule has 0 heterocycles. The number of rotatable bonds is 7. The number of esters is 1. The number of Topliss-reactive ketones (excluding diaryl/α,β-unsaturated/α-hetero) is 1. The molecule has 142 valence electrons. The van der Waals surface area contributed by atoms with E-state index in [1.165, 1.54) is 0 Å². The minimum Gasteiger partial charge on any atom is -0.430 e. The van der Waals surface area contributed by atoms with Crippen molar-refractivity contribution >= 4 is 40.5 Å². The van der Waals surface area contributed by atoms with Crippen molar-refractivity contribution in [3.8, 4) is 0 Å². The van der Waals surface area contributed by atoms with E-state index < -0.39 is 0 Å². The highest BCUT2D eigenvalue weighted by Crippen LogP contribution is 2.41. The minimum atomic E-state index is -0.279. The molecule has 0 atom stereocenters. The average molecular weight is 397 g/mol. The summed E-state index contributed by atoms with van der Waals surface area (Å²) in [6, 6.07) is 5.06. The zero-order valence-corrected chi connectivity index (χ0v) is 17.2. The third-order valence-corrected chi connectivity index (χ3v) is 5.25.